The first-order valence-electron chi connectivity index (χ1n) is 6.60. The average Bonchev–Trinajstić information content (AvgIpc) is 2.85. The normalized spacial score (nSPS) is 18.0. The number of amides is 1. The van der Waals surface area contributed by atoms with Crippen LogP contribution >= 0.6 is 28.1 Å². The topological polar surface area (TPSA) is 62.7 Å². The van der Waals surface area contributed by atoms with Gasteiger partial charge in [0.15, 0.2) is 4.67 Å². The second-order valence-corrected chi connectivity index (χ2v) is 5.95. The minimum absolute atomic E-state index is 0.00588. The number of hydrogen-bond acceptors (Lipinski definition) is 4. The van der Waals surface area contributed by atoms with Crippen molar-refractivity contribution < 1.29 is 9.21 Å². The Labute approximate surface area is 132 Å². The summed E-state index contributed by atoms with van der Waals surface area (Å²) in [5.41, 5.74) is 6.33. The van der Waals surface area contributed by atoms with E-state index in [2.05, 4.69) is 27.8 Å². The maximum atomic E-state index is 12.3. The van der Waals surface area contributed by atoms with E-state index in [0.717, 1.165) is 19.5 Å². The zero-order valence-electron chi connectivity index (χ0n) is 11.3. The molecule has 1 aliphatic rings. The number of nitrogens with zero attached hydrogens (tertiary/aromatic N) is 2. The standard InChI is InChI=1S/C13H18BrN3O2S/c1-2-10(12(15)20)16-4-6-17(7-5-16)13(18)9-3-8-19-11(9)14/h3,8,10H,2,4-7H2,1H3,(H2,15,20). The fraction of sp³-hybridized carbons (Fsp3) is 0.538. The third-order valence-electron chi connectivity index (χ3n) is 3.61. The molecular formula is C13H18BrN3O2S. The number of furan rings is 1. The van der Waals surface area contributed by atoms with Crippen LogP contribution in [0.1, 0.15) is 23.7 Å². The minimum Gasteiger partial charge on any atom is -0.457 e. The Balaban J connectivity index is 1.96. The Kier molecular flexibility index (Phi) is 5.17. The molecule has 0 aliphatic carbocycles. The molecule has 0 bridgehead atoms. The zero-order valence-corrected chi connectivity index (χ0v) is 13.7. The van der Waals surface area contributed by atoms with Gasteiger partial charge in [-0.25, -0.2) is 0 Å². The lowest BCUT2D eigenvalue weighted by molar-refractivity contribution is 0.0610. The summed E-state index contributed by atoms with van der Waals surface area (Å²) in [5, 5.41) is 0. The molecule has 2 rings (SSSR count). The predicted molar refractivity (Wildman–Crippen MR) is 84.7 cm³/mol. The van der Waals surface area contributed by atoms with Gasteiger partial charge in [0.1, 0.15) is 0 Å². The summed E-state index contributed by atoms with van der Waals surface area (Å²) >= 11 is 8.34. The lowest BCUT2D eigenvalue weighted by Gasteiger charge is -2.38. The number of hydrogen-bond donors (Lipinski definition) is 1. The van der Waals surface area contributed by atoms with Gasteiger partial charge in [0.25, 0.3) is 5.91 Å². The molecular weight excluding hydrogens is 342 g/mol. The Morgan fingerprint density at radius 1 is 1.50 bits per heavy atom. The van der Waals surface area contributed by atoms with Crippen LogP contribution in [0.15, 0.2) is 21.4 Å². The van der Waals surface area contributed by atoms with E-state index in [1.54, 1.807) is 6.07 Å². The van der Waals surface area contributed by atoms with Gasteiger partial charge in [-0.2, -0.15) is 0 Å². The summed E-state index contributed by atoms with van der Waals surface area (Å²) in [4.78, 5) is 16.9. The highest BCUT2D eigenvalue weighted by Gasteiger charge is 2.28. The van der Waals surface area contributed by atoms with Crippen LogP contribution in [0.25, 0.3) is 0 Å². The number of halogens is 1. The van der Waals surface area contributed by atoms with Gasteiger partial charge in [-0.1, -0.05) is 19.1 Å². The summed E-state index contributed by atoms with van der Waals surface area (Å²) < 4.78 is 5.60. The first kappa shape index (κ1) is 15.5. The molecule has 5 nitrogen and oxygen atoms in total. The third kappa shape index (κ3) is 3.21. The number of thiocarbonyl (C=S) groups is 1. The molecule has 1 amide bonds. The van der Waals surface area contributed by atoms with Crippen LogP contribution in [0.3, 0.4) is 0 Å². The van der Waals surface area contributed by atoms with E-state index < -0.39 is 0 Å². The second-order valence-electron chi connectivity index (χ2n) is 4.76. The number of nitrogens with two attached hydrogens (primary N) is 1. The SMILES string of the molecule is CCC(C(N)=S)N1CCN(C(=O)c2ccoc2Br)CC1. The zero-order chi connectivity index (χ0) is 14.7. The molecule has 1 aromatic heterocycles. The van der Waals surface area contributed by atoms with Crippen molar-refractivity contribution in [3.05, 3.63) is 22.6 Å². The first-order chi connectivity index (χ1) is 9.54. The van der Waals surface area contributed by atoms with Crippen LogP contribution in [0, 0.1) is 0 Å². The Morgan fingerprint density at radius 3 is 2.60 bits per heavy atom. The molecule has 20 heavy (non-hydrogen) atoms. The van der Waals surface area contributed by atoms with Gasteiger partial charge in [-0.15, -0.1) is 0 Å². The molecule has 0 radical (unpaired) electrons. The highest BCUT2D eigenvalue weighted by molar-refractivity contribution is 9.10. The Hall–Kier alpha value is -0.920. The Morgan fingerprint density at radius 2 is 2.15 bits per heavy atom. The van der Waals surface area contributed by atoms with E-state index >= 15 is 0 Å². The summed E-state index contributed by atoms with van der Waals surface area (Å²) in [6.45, 7) is 5.00. The lowest BCUT2D eigenvalue weighted by atomic mass is 10.1. The minimum atomic E-state index is -0.00588. The first-order valence-corrected chi connectivity index (χ1v) is 7.80. The maximum absolute atomic E-state index is 12.3. The van der Waals surface area contributed by atoms with Crippen LogP contribution in [-0.2, 0) is 0 Å². The molecule has 1 fully saturated rings. The van der Waals surface area contributed by atoms with Gasteiger partial charge in [-0.05, 0) is 28.4 Å². The van der Waals surface area contributed by atoms with E-state index in [-0.39, 0.29) is 11.9 Å². The second kappa shape index (κ2) is 6.69. The van der Waals surface area contributed by atoms with E-state index in [4.69, 9.17) is 22.4 Å². The smallest absolute Gasteiger partial charge is 0.258 e. The fourth-order valence-corrected chi connectivity index (χ4v) is 3.22. The molecule has 1 unspecified atom stereocenters. The molecule has 0 spiro atoms. The predicted octanol–water partition coefficient (Wildman–Crippen LogP) is 1.86. The monoisotopic (exact) mass is 359 g/mol. The van der Waals surface area contributed by atoms with Gasteiger partial charge in [-0.3, -0.25) is 9.69 Å². The largest absolute Gasteiger partial charge is 0.457 e. The van der Waals surface area contributed by atoms with E-state index in [9.17, 15) is 4.79 Å². The van der Waals surface area contributed by atoms with Crippen molar-refractivity contribution in [3.8, 4) is 0 Å². The molecule has 2 heterocycles. The maximum Gasteiger partial charge on any atom is 0.258 e. The number of carbonyl (C=O) groups excluding carboxylic acids is 1. The van der Waals surface area contributed by atoms with E-state index in [0.29, 0.717) is 28.3 Å². The van der Waals surface area contributed by atoms with Crippen LogP contribution in [0.4, 0.5) is 0 Å². The quantitative estimate of drug-likeness (QED) is 0.831. The van der Waals surface area contributed by atoms with Crippen molar-refractivity contribution >= 4 is 39.0 Å². The lowest BCUT2D eigenvalue weighted by Crippen LogP contribution is -2.54. The molecule has 1 aromatic rings. The van der Waals surface area contributed by atoms with Gasteiger partial charge >= 0.3 is 0 Å². The molecule has 1 saturated heterocycles. The number of piperazine rings is 1. The molecule has 1 aliphatic heterocycles. The van der Waals surface area contributed by atoms with Crippen LogP contribution in [-0.4, -0.2) is 52.9 Å². The molecule has 0 saturated carbocycles. The summed E-state index contributed by atoms with van der Waals surface area (Å²) in [7, 11) is 0. The highest BCUT2D eigenvalue weighted by atomic mass is 79.9. The third-order valence-corrected chi connectivity index (χ3v) is 4.49. The highest BCUT2D eigenvalue weighted by Crippen LogP contribution is 2.20. The Bertz CT molecular complexity index is 498. The summed E-state index contributed by atoms with van der Waals surface area (Å²) in [6, 6.07) is 1.81. The molecule has 7 heteroatoms. The van der Waals surface area contributed by atoms with Gasteiger partial charge in [0.2, 0.25) is 0 Å². The van der Waals surface area contributed by atoms with Crippen LogP contribution in [0.5, 0.6) is 0 Å². The molecule has 0 aromatic carbocycles. The summed E-state index contributed by atoms with van der Waals surface area (Å²) in [6.07, 6.45) is 2.41. The van der Waals surface area contributed by atoms with Crippen LogP contribution in [0.2, 0.25) is 0 Å². The summed E-state index contributed by atoms with van der Waals surface area (Å²) in [5.74, 6) is -0.00588. The number of rotatable bonds is 4. The van der Waals surface area contributed by atoms with Crippen molar-refractivity contribution in [1.29, 1.82) is 0 Å². The van der Waals surface area contributed by atoms with Crippen molar-refractivity contribution in [1.82, 2.24) is 9.80 Å². The molecule has 1 atom stereocenters. The molecule has 110 valence electrons. The van der Waals surface area contributed by atoms with Crippen molar-refractivity contribution in [3.63, 3.8) is 0 Å². The average molecular weight is 360 g/mol. The van der Waals surface area contributed by atoms with Crippen molar-refractivity contribution in [2.45, 2.75) is 19.4 Å². The van der Waals surface area contributed by atoms with Crippen LogP contribution < -0.4 is 5.73 Å². The van der Waals surface area contributed by atoms with Gasteiger partial charge in [0.05, 0.1) is 22.9 Å². The van der Waals surface area contributed by atoms with Crippen molar-refractivity contribution in [2.75, 3.05) is 26.2 Å². The molecule has 2 N–H and O–H groups in total. The fourth-order valence-electron chi connectivity index (χ4n) is 2.49. The van der Waals surface area contributed by atoms with Crippen molar-refractivity contribution in [2.24, 2.45) is 5.73 Å². The number of carbonyl (C=O) groups is 1. The van der Waals surface area contributed by atoms with E-state index in [1.807, 2.05) is 4.90 Å². The van der Waals surface area contributed by atoms with Gasteiger partial charge in [0, 0.05) is 26.2 Å². The van der Waals surface area contributed by atoms with Gasteiger partial charge < -0.3 is 15.1 Å². The van der Waals surface area contributed by atoms with E-state index in [1.165, 1.54) is 6.26 Å².